The van der Waals surface area contributed by atoms with Crippen LogP contribution in [0.3, 0.4) is 0 Å². The van der Waals surface area contributed by atoms with E-state index >= 15 is 0 Å². The minimum absolute atomic E-state index is 0.0301. The van der Waals surface area contributed by atoms with Gasteiger partial charge >= 0.3 is 12.0 Å². The van der Waals surface area contributed by atoms with Gasteiger partial charge in [-0.1, -0.05) is 55.8 Å². The molecule has 1 heterocycles. The summed E-state index contributed by atoms with van der Waals surface area (Å²) in [5, 5.41) is 6.63. The Morgan fingerprint density at radius 2 is 1.62 bits per heavy atom. The molecule has 3 aromatic carbocycles. The van der Waals surface area contributed by atoms with Gasteiger partial charge in [0.05, 0.1) is 16.6 Å². The number of imidazole rings is 1. The Balaban J connectivity index is 1.11. The molecule has 0 atom stereocenters. The van der Waals surface area contributed by atoms with Crippen LogP contribution >= 0.6 is 0 Å². The number of nitrogens with one attached hydrogen (secondary N) is 2. The van der Waals surface area contributed by atoms with Crippen molar-refractivity contribution in [3.63, 3.8) is 0 Å². The second kappa shape index (κ2) is 12.5. The lowest BCUT2D eigenvalue weighted by molar-refractivity contribution is -0.0127. The number of carbonyl (C=O) groups excluding carboxylic acids is 2. The van der Waals surface area contributed by atoms with Crippen LogP contribution in [0.2, 0.25) is 0 Å². The van der Waals surface area contributed by atoms with E-state index in [1.54, 1.807) is 0 Å². The first-order valence-electron chi connectivity index (χ1n) is 17.6. The number of nitrogens with zero attached hydrogens (tertiary/aromatic N) is 2. The van der Waals surface area contributed by atoms with Gasteiger partial charge < -0.3 is 19.9 Å². The van der Waals surface area contributed by atoms with Gasteiger partial charge in [-0.05, 0) is 124 Å². The molecule has 0 aliphatic heterocycles. The zero-order chi connectivity index (χ0) is 32.8. The van der Waals surface area contributed by atoms with Crippen molar-refractivity contribution in [1.29, 1.82) is 0 Å². The number of rotatable bonds is 9. The van der Waals surface area contributed by atoms with E-state index < -0.39 is 5.60 Å². The highest BCUT2D eigenvalue weighted by Crippen LogP contribution is 2.55. The van der Waals surface area contributed by atoms with Crippen molar-refractivity contribution < 1.29 is 14.3 Å². The fourth-order valence-corrected chi connectivity index (χ4v) is 8.84. The van der Waals surface area contributed by atoms with Gasteiger partial charge in [0, 0.05) is 24.2 Å². The second-order valence-corrected chi connectivity index (χ2v) is 15.4. The topological polar surface area (TPSA) is 85.3 Å². The number of urea groups is 1. The Hall–Kier alpha value is -4.13. The molecule has 7 nitrogen and oxygen atoms in total. The molecule has 0 saturated heterocycles. The molecular weight excluding hydrogens is 584 g/mol. The lowest BCUT2D eigenvalue weighted by Crippen LogP contribution is -2.60. The number of anilines is 1. The molecule has 8 rings (SSSR count). The quantitative estimate of drug-likeness (QED) is 0.180. The van der Waals surface area contributed by atoms with Crippen LogP contribution in [-0.4, -0.2) is 32.7 Å². The molecule has 0 unspecified atom stereocenters. The number of unbranched alkanes of at least 4 members (excludes halogenated alkanes) is 1. The maximum absolute atomic E-state index is 13.4. The molecule has 4 aromatic rings. The van der Waals surface area contributed by atoms with Gasteiger partial charge in [0.2, 0.25) is 0 Å². The fourth-order valence-electron chi connectivity index (χ4n) is 8.84. The van der Waals surface area contributed by atoms with Crippen molar-refractivity contribution in [3.05, 3.63) is 83.7 Å². The lowest BCUT2D eigenvalue weighted by Gasteiger charge is -2.56. The monoisotopic (exact) mass is 632 g/mol. The molecule has 0 spiro atoms. The standard InChI is InChI=1S/C40H48N4O3/c1-5-6-11-36-42-34-17-16-31(41-38(46)43-40-22-27-18-28(23-40)20-29(19-27)24-40)21-35(34)44(36)25-26-12-14-30(15-13-26)32-9-7-8-10-33(32)37(45)47-39(2,3)4/h7-10,12-17,21,27-29H,5-6,11,18-20,22-25H2,1-4H3,(H2,41,43,46). The van der Waals surface area contributed by atoms with Gasteiger partial charge in [-0.25, -0.2) is 14.6 Å². The predicted octanol–water partition coefficient (Wildman–Crippen LogP) is 9.14. The third-order valence-electron chi connectivity index (χ3n) is 10.4. The Kier molecular flexibility index (Phi) is 8.35. The van der Waals surface area contributed by atoms with Crippen LogP contribution in [-0.2, 0) is 17.7 Å². The number of hydrogen-bond acceptors (Lipinski definition) is 4. The summed E-state index contributed by atoms with van der Waals surface area (Å²) >= 11 is 0. The minimum Gasteiger partial charge on any atom is -0.456 e. The zero-order valence-electron chi connectivity index (χ0n) is 28.3. The molecule has 246 valence electrons. The first kappa shape index (κ1) is 31.5. The summed E-state index contributed by atoms with van der Waals surface area (Å²) in [5.41, 5.74) is 5.66. The van der Waals surface area contributed by atoms with Gasteiger partial charge in [0.1, 0.15) is 11.4 Å². The largest absolute Gasteiger partial charge is 0.456 e. The van der Waals surface area contributed by atoms with E-state index in [2.05, 4.69) is 52.5 Å². The average Bonchev–Trinajstić information content (AvgIpc) is 3.34. The molecule has 1 aromatic heterocycles. The van der Waals surface area contributed by atoms with E-state index in [1.807, 2.05) is 57.2 Å². The number of aromatic nitrogens is 2. The van der Waals surface area contributed by atoms with Gasteiger partial charge in [0.15, 0.2) is 0 Å². The number of fused-ring (bicyclic) bond motifs is 1. The number of aryl methyl sites for hydroxylation is 1. The van der Waals surface area contributed by atoms with Crippen LogP contribution in [0.25, 0.3) is 22.2 Å². The molecule has 47 heavy (non-hydrogen) atoms. The summed E-state index contributed by atoms with van der Waals surface area (Å²) in [6.07, 6.45) is 10.5. The van der Waals surface area contributed by atoms with Crippen molar-refractivity contribution in [2.24, 2.45) is 17.8 Å². The molecule has 4 saturated carbocycles. The van der Waals surface area contributed by atoms with Crippen molar-refractivity contribution in [2.45, 2.75) is 103 Å². The van der Waals surface area contributed by atoms with E-state index in [-0.39, 0.29) is 17.5 Å². The number of benzene rings is 3. The Bertz CT molecular complexity index is 1750. The van der Waals surface area contributed by atoms with Crippen molar-refractivity contribution in [2.75, 3.05) is 5.32 Å². The highest BCUT2D eigenvalue weighted by atomic mass is 16.6. The van der Waals surface area contributed by atoms with Gasteiger partial charge in [-0.2, -0.15) is 0 Å². The molecule has 4 bridgehead atoms. The van der Waals surface area contributed by atoms with E-state index in [9.17, 15) is 9.59 Å². The molecule has 7 heteroatoms. The van der Waals surface area contributed by atoms with Crippen LogP contribution in [0.4, 0.5) is 10.5 Å². The Morgan fingerprint density at radius 1 is 0.936 bits per heavy atom. The highest BCUT2D eigenvalue weighted by molar-refractivity contribution is 5.97. The minimum atomic E-state index is -0.565. The second-order valence-electron chi connectivity index (χ2n) is 15.4. The zero-order valence-corrected chi connectivity index (χ0v) is 28.3. The summed E-state index contributed by atoms with van der Waals surface area (Å²) in [7, 11) is 0. The molecule has 2 N–H and O–H groups in total. The summed E-state index contributed by atoms with van der Waals surface area (Å²) in [6, 6.07) is 22.0. The lowest BCUT2D eigenvalue weighted by atomic mass is 9.53. The van der Waals surface area contributed by atoms with Crippen LogP contribution in [0.15, 0.2) is 66.7 Å². The number of esters is 1. The van der Waals surface area contributed by atoms with Gasteiger partial charge in [-0.15, -0.1) is 0 Å². The summed E-state index contributed by atoms with van der Waals surface area (Å²) in [5.74, 6) is 3.07. The Morgan fingerprint density at radius 3 is 2.28 bits per heavy atom. The van der Waals surface area contributed by atoms with Crippen molar-refractivity contribution >= 4 is 28.7 Å². The van der Waals surface area contributed by atoms with Crippen LogP contribution in [0.1, 0.15) is 101 Å². The molecule has 4 fully saturated rings. The third kappa shape index (κ3) is 6.81. The molecule has 4 aliphatic carbocycles. The van der Waals surface area contributed by atoms with Gasteiger partial charge in [-0.3, -0.25) is 0 Å². The maximum Gasteiger partial charge on any atom is 0.339 e. The first-order chi connectivity index (χ1) is 22.6. The van der Waals surface area contributed by atoms with E-state index in [0.29, 0.717) is 12.1 Å². The third-order valence-corrected chi connectivity index (χ3v) is 10.4. The summed E-state index contributed by atoms with van der Waals surface area (Å²) in [4.78, 5) is 31.4. The van der Waals surface area contributed by atoms with Crippen LogP contribution < -0.4 is 10.6 Å². The van der Waals surface area contributed by atoms with E-state index in [0.717, 1.165) is 95.5 Å². The van der Waals surface area contributed by atoms with E-state index in [4.69, 9.17) is 9.72 Å². The van der Waals surface area contributed by atoms with Gasteiger partial charge in [0.25, 0.3) is 0 Å². The van der Waals surface area contributed by atoms with Crippen LogP contribution in [0, 0.1) is 17.8 Å². The number of amides is 2. The smallest absolute Gasteiger partial charge is 0.339 e. The predicted molar refractivity (Wildman–Crippen MR) is 188 cm³/mol. The fraction of sp³-hybridized carbons (Fsp3) is 0.475. The molecule has 4 aliphatic rings. The maximum atomic E-state index is 13.4. The van der Waals surface area contributed by atoms with Crippen LogP contribution in [0.5, 0.6) is 0 Å². The number of ether oxygens (including phenoxy) is 1. The summed E-state index contributed by atoms with van der Waals surface area (Å²) in [6.45, 7) is 8.51. The first-order valence-corrected chi connectivity index (χ1v) is 17.6. The van der Waals surface area contributed by atoms with Crippen molar-refractivity contribution in [1.82, 2.24) is 14.9 Å². The molecular formula is C40H48N4O3. The summed E-state index contributed by atoms with van der Waals surface area (Å²) < 4.78 is 7.97. The van der Waals surface area contributed by atoms with Crippen molar-refractivity contribution in [3.8, 4) is 11.1 Å². The molecule has 2 amide bonds. The Labute approximate surface area is 278 Å². The SMILES string of the molecule is CCCCc1nc2ccc(NC(=O)NC34CC5CC(CC(C5)C3)C4)cc2n1Cc1ccc(-c2ccccc2C(=O)OC(C)(C)C)cc1. The normalized spacial score (nSPS) is 23.2. The average molecular weight is 633 g/mol. The number of hydrogen-bond donors (Lipinski definition) is 2. The highest BCUT2D eigenvalue weighted by Gasteiger charge is 2.51. The van der Waals surface area contributed by atoms with E-state index in [1.165, 1.54) is 19.3 Å². The molecule has 0 radical (unpaired) electrons. The number of carbonyl (C=O) groups is 2.